The summed E-state index contributed by atoms with van der Waals surface area (Å²) in [6.45, 7) is 0. The molecule has 2 heterocycles. The lowest BCUT2D eigenvalue weighted by Crippen LogP contribution is -2.07. The number of hydrogen-bond acceptors (Lipinski definition) is 2. The minimum absolute atomic E-state index is 0.296. The summed E-state index contributed by atoms with van der Waals surface area (Å²) in [5, 5.41) is 6.28. The summed E-state index contributed by atoms with van der Waals surface area (Å²) in [4.78, 5) is 24.4. The van der Waals surface area contributed by atoms with Crippen LogP contribution in [0.15, 0.2) is 22.6 Å². The van der Waals surface area contributed by atoms with Gasteiger partial charge in [-0.3, -0.25) is 9.59 Å². The normalized spacial score (nSPS) is 15.3. The van der Waals surface area contributed by atoms with Gasteiger partial charge in [0.1, 0.15) is 0 Å². The van der Waals surface area contributed by atoms with Crippen molar-refractivity contribution >= 4 is 11.8 Å². The van der Waals surface area contributed by atoms with Gasteiger partial charge in [0.15, 0.2) is 0 Å². The fraction of sp³-hybridized carbons (Fsp3) is 0. The van der Waals surface area contributed by atoms with E-state index in [1.807, 2.05) is 0 Å². The Morgan fingerprint density at radius 2 is 1.45 bits per heavy atom. The lowest BCUT2D eigenvalue weighted by Gasteiger charge is -1.97. The Hall–Kier alpha value is -1.78. The van der Waals surface area contributed by atoms with Crippen molar-refractivity contribution < 1.29 is 9.59 Å². The molecule has 0 atom stereocenters. The molecule has 1 aliphatic heterocycles. The van der Waals surface area contributed by atoms with Crippen molar-refractivity contribution in [2.45, 2.75) is 0 Å². The first-order chi connectivity index (χ1) is 5.29. The second-order valence-electron chi connectivity index (χ2n) is 2.09. The first-order valence-corrected chi connectivity index (χ1v) is 2.96. The van der Waals surface area contributed by atoms with Crippen LogP contribution in [0.3, 0.4) is 0 Å². The molecule has 2 rings (SSSR count). The predicted octanol–water partition coefficient (Wildman–Crippen LogP) is 0.761. The van der Waals surface area contributed by atoms with E-state index in [2.05, 4.69) is 15.2 Å². The van der Waals surface area contributed by atoms with Gasteiger partial charge in [0, 0.05) is 12.4 Å². The summed E-state index contributed by atoms with van der Waals surface area (Å²) < 4.78 is 0. The van der Waals surface area contributed by atoms with Gasteiger partial charge in [-0.15, -0.1) is 10.2 Å². The number of carbonyl (C=O) groups excluding carboxylic acids is 2. The highest BCUT2D eigenvalue weighted by molar-refractivity contribution is 6.10. The molecule has 1 aromatic rings. The molecule has 0 spiro atoms. The van der Waals surface area contributed by atoms with Crippen molar-refractivity contribution in [2.24, 2.45) is 10.2 Å². The number of nitrogens with one attached hydrogen (secondary N) is 1. The predicted molar refractivity (Wildman–Crippen MR) is 34.3 cm³/mol. The lowest BCUT2D eigenvalue weighted by atomic mass is 10.2. The van der Waals surface area contributed by atoms with Gasteiger partial charge in [-0.05, 0) is 0 Å². The van der Waals surface area contributed by atoms with E-state index in [0.717, 1.165) is 0 Å². The van der Waals surface area contributed by atoms with Gasteiger partial charge in [0.2, 0.25) is 0 Å². The summed E-state index contributed by atoms with van der Waals surface area (Å²) in [6, 6.07) is 0. The minimum atomic E-state index is -0.471. The third-order valence-electron chi connectivity index (χ3n) is 1.44. The lowest BCUT2D eigenvalue weighted by molar-refractivity contribution is 0.0922. The second kappa shape index (κ2) is 1.85. The average molecular weight is 149 g/mol. The number of nitrogens with zero attached hydrogens (tertiary/aromatic N) is 2. The van der Waals surface area contributed by atoms with Crippen LogP contribution >= 0.6 is 0 Å². The fourth-order valence-corrected chi connectivity index (χ4v) is 0.916. The molecular formula is C6H3N3O2. The Morgan fingerprint density at radius 1 is 1.00 bits per heavy atom. The third-order valence-corrected chi connectivity index (χ3v) is 1.44. The van der Waals surface area contributed by atoms with E-state index in [4.69, 9.17) is 0 Å². The number of amides is 2. The number of azo groups is 1. The van der Waals surface area contributed by atoms with Gasteiger partial charge in [0.25, 0.3) is 11.8 Å². The highest BCUT2D eigenvalue weighted by atomic mass is 16.2. The summed E-state index contributed by atoms with van der Waals surface area (Å²) in [5.41, 5.74) is 0.593. The molecule has 0 radical (unpaired) electrons. The summed E-state index contributed by atoms with van der Waals surface area (Å²) in [6.07, 6.45) is 2.88. The molecule has 2 amide bonds. The van der Waals surface area contributed by atoms with Crippen molar-refractivity contribution in [1.82, 2.24) is 4.98 Å². The quantitative estimate of drug-likeness (QED) is 0.591. The molecule has 0 aliphatic carbocycles. The molecular weight excluding hydrogens is 146 g/mol. The molecule has 1 N–H and O–H groups in total. The van der Waals surface area contributed by atoms with E-state index in [1.165, 1.54) is 12.4 Å². The van der Waals surface area contributed by atoms with Crippen LogP contribution in [0.25, 0.3) is 0 Å². The maximum atomic E-state index is 10.9. The van der Waals surface area contributed by atoms with Crippen LogP contribution in [0.4, 0.5) is 0 Å². The zero-order chi connectivity index (χ0) is 7.84. The Labute approximate surface area is 61.1 Å². The van der Waals surface area contributed by atoms with Crippen LogP contribution < -0.4 is 0 Å². The van der Waals surface area contributed by atoms with E-state index in [-0.39, 0.29) is 0 Å². The van der Waals surface area contributed by atoms with Crippen molar-refractivity contribution in [3.63, 3.8) is 0 Å². The molecule has 0 saturated carbocycles. The number of carbonyl (C=O) groups is 2. The summed E-state index contributed by atoms with van der Waals surface area (Å²) in [7, 11) is 0. The maximum Gasteiger partial charge on any atom is 0.297 e. The minimum Gasteiger partial charge on any atom is -0.366 e. The van der Waals surface area contributed by atoms with Gasteiger partial charge in [0.05, 0.1) is 11.1 Å². The van der Waals surface area contributed by atoms with E-state index in [1.54, 1.807) is 0 Å². The largest absolute Gasteiger partial charge is 0.366 e. The average Bonchev–Trinajstić information content (AvgIpc) is 2.45. The second-order valence-corrected chi connectivity index (χ2v) is 2.09. The Kier molecular flexibility index (Phi) is 1.00. The van der Waals surface area contributed by atoms with Crippen LogP contribution in [0.2, 0.25) is 0 Å². The molecule has 0 fully saturated rings. The van der Waals surface area contributed by atoms with Gasteiger partial charge >= 0.3 is 0 Å². The van der Waals surface area contributed by atoms with Crippen LogP contribution in [-0.4, -0.2) is 16.8 Å². The monoisotopic (exact) mass is 149 g/mol. The van der Waals surface area contributed by atoms with Crippen LogP contribution in [-0.2, 0) is 0 Å². The summed E-state index contributed by atoms with van der Waals surface area (Å²) >= 11 is 0. The number of aromatic amines is 1. The Morgan fingerprint density at radius 3 is 1.91 bits per heavy atom. The van der Waals surface area contributed by atoms with Crippen molar-refractivity contribution in [3.8, 4) is 0 Å². The SMILES string of the molecule is O=C1N=NC(=O)c2c[nH]cc21. The van der Waals surface area contributed by atoms with Crippen LogP contribution in [0.1, 0.15) is 20.7 Å². The number of hydrogen-bond donors (Lipinski definition) is 1. The van der Waals surface area contributed by atoms with E-state index >= 15 is 0 Å². The fourth-order valence-electron chi connectivity index (χ4n) is 0.916. The maximum absolute atomic E-state index is 10.9. The van der Waals surface area contributed by atoms with E-state index in [0.29, 0.717) is 11.1 Å². The van der Waals surface area contributed by atoms with Crippen molar-refractivity contribution in [2.75, 3.05) is 0 Å². The molecule has 0 unspecified atom stereocenters. The molecule has 1 aromatic heterocycles. The van der Waals surface area contributed by atoms with E-state index in [9.17, 15) is 9.59 Å². The Bertz CT molecular complexity index is 331. The van der Waals surface area contributed by atoms with Gasteiger partial charge in [-0.25, -0.2) is 0 Å². The standard InChI is InChI=1S/C6H3N3O2/c10-5-3-1-7-2-4(3)6(11)9-8-5/h1-2,7H. The topological polar surface area (TPSA) is 74.7 Å². The summed E-state index contributed by atoms with van der Waals surface area (Å²) in [5.74, 6) is -0.943. The van der Waals surface area contributed by atoms with Gasteiger partial charge in [-0.1, -0.05) is 0 Å². The molecule has 0 aromatic carbocycles. The smallest absolute Gasteiger partial charge is 0.297 e. The molecule has 0 bridgehead atoms. The highest BCUT2D eigenvalue weighted by Gasteiger charge is 2.21. The number of aromatic nitrogens is 1. The number of rotatable bonds is 0. The number of H-pyrrole nitrogens is 1. The molecule has 54 valence electrons. The van der Waals surface area contributed by atoms with Crippen molar-refractivity contribution in [3.05, 3.63) is 23.5 Å². The van der Waals surface area contributed by atoms with Crippen LogP contribution in [0, 0.1) is 0 Å². The molecule has 0 saturated heterocycles. The highest BCUT2D eigenvalue weighted by Crippen LogP contribution is 2.15. The molecule has 5 nitrogen and oxygen atoms in total. The molecule has 5 heteroatoms. The molecule has 11 heavy (non-hydrogen) atoms. The zero-order valence-electron chi connectivity index (χ0n) is 5.37. The number of fused-ring (bicyclic) bond motifs is 1. The van der Waals surface area contributed by atoms with Crippen molar-refractivity contribution in [1.29, 1.82) is 0 Å². The van der Waals surface area contributed by atoms with Gasteiger partial charge < -0.3 is 4.98 Å². The Balaban J connectivity index is 2.68. The first kappa shape index (κ1) is 5.96. The van der Waals surface area contributed by atoms with Gasteiger partial charge in [-0.2, -0.15) is 0 Å². The van der Waals surface area contributed by atoms with E-state index < -0.39 is 11.8 Å². The molecule has 1 aliphatic rings. The van der Waals surface area contributed by atoms with Crippen LogP contribution in [0.5, 0.6) is 0 Å². The zero-order valence-corrected chi connectivity index (χ0v) is 5.37. The first-order valence-electron chi connectivity index (χ1n) is 2.96. The third kappa shape index (κ3) is 0.706.